The van der Waals surface area contributed by atoms with Crippen LogP contribution in [0.5, 0.6) is 0 Å². The Hall–Kier alpha value is -3.17. The van der Waals surface area contributed by atoms with E-state index in [0.717, 1.165) is 16.6 Å². The van der Waals surface area contributed by atoms with Gasteiger partial charge in [-0.3, -0.25) is 4.68 Å². The number of fused-ring (bicyclic) bond motifs is 1. The quantitative estimate of drug-likeness (QED) is 0.434. The lowest BCUT2D eigenvalue weighted by molar-refractivity contribution is 0.588. The molecule has 31 heavy (non-hydrogen) atoms. The summed E-state index contributed by atoms with van der Waals surface area (Å²) in [6.07, 6.45) is 3.38. The van der Waals surface area contributed by atoms with Crippen LogP contribution in [0.4, 0.5) is 23.1 Å². The molecule has 2 aromatic carbocycles. The maximum atomic E-state index is 12.7. The number of para-hydroxylation sites is 1. The van der Waals surface area contributed by atoms with Gasteiger partial charge in [-0.2, -0.15) is 10.1 Å². The van der Waals surface area contributed by atoms with E-state index in [4.69, 9.17) is 11.6 Å². The lowest BCUT2D eigenvalue weighted by atomic mass is 10.2. The second-order valence-electron chi connectivity index (χ2n) is 7.31. The number of rotatable bonds is 6. The summed E-state index contributed by atoms with van der Waals surface area (Å²) in [4.78, 5) is 8.85. The van der Waals surface area contributed by atoms with Crippen LogP contribution in [0, 0.1) is 0 Å². The van der Waals surface area contributed by atoms with E-state index in [0.29, 0.717) is 17.5 Å². The molecule has 0 aliphatic heterocycles. The van der Waals surface area contributed by atoms with Gasteiger partial charge in [-0.05, 0) is 44.2 Å². The molecular weight excluding hydrogens is 436 g/mol. The number of anilines is 4. The molecule has 0 aliphatic carbocycles. The Kier molecular flexibility index (Phi) is 5.55. The molecule has 2 heterocycles. The summed E-state index contributed by atoms with van der Waals surface area (Å²) in [5.74, 6) is 0.618. The lowest BCUT2D eigenvalue weighted by Gasteiger charge is -2.15. The van der Waals surface area contributed by atoms with E-state index in [2.05, 4.69) is 25.7 Å². The van der Waals surface area contributed by atoms with E-state index in [9.17, 15) is 8.42 Å². The minimum Gasteiger partial charge on any atom is -0.338 e. The normalized spacial score (nSPS) is 11.8. The maximum Gasteiger partial charge on any atom is 0.229 e. The zero-order valence-corrected chi connectivity index (χ0v) is 18.7. The Labute approximate surface area is 185 Å². The molecule has 0 atom stereocenters. The number of halogens is 1. The Bertz CT molecular complexity index is 1370. The zero-order chi connectivity index (χ0) is 22.2. The fourth-order valence-electron chi connectivity index (χ4n) is 3.07. The SMILES string of the molecule is CC(C)S(=O)(=O)c1ccccc1Nc1nc(Nc2ccc3nn(C)cc3c2)ncc1Cl. The Morgan fingerprint density at radius 2 is 1.87 bits per heavy atom. The van der Waals surface area contributed by atoms with E-state index < -0.39 is 15.1 Å². The van der Waals surface area contributed by atoms with Gasteiger partial charge in [0.15, 0.2) is 15.7 Å². The number of benzene rings is 2. The van der Waals surface area contributed by atoms with E-state index >= 15 is 0 Å². The molecule has 2 N–H and O–H groups in total. The summed E-state index contributed by atoms with van der Waals surface area (Å²) in [5, 5.41) is 11.2. The van der Waals surface area contributed by atoms with Gasteiger partial charge in [-0.15, -0.1) is 0 Å². The third-order valence-electron chi connectivity index (χ3n) is 4.69. The Morgan fingerprint density at radius 3 is 2.65 bits per heavy atom. The molecular formula is C21H21ClN6O2S. The van der Waals surface area contributed by atoms with Gasteiger partial charge in [-0.1, -0.05) is 23.7 Å². The predicted octanol–water partition coefficient (Wildman–Crippen LogP) is 4.69. The smallest absolute Gasteiger partial charge is 0.229 e. The van der Waals surface area contributed by atoms with Crippen LogP contribution in [0.3, 0.4) is 0 Å². The van der Waals surface area contributed by atoms with Gasteiger partial charge in [0.1, 0.15) is 5.02 Å². The number of nitrogens with one attached hydrogen (secondary N) is 2. The minimum atomic E-state index is -3.49. The van der Waals surface area contributed by atoms with Crippen LogP contribution in [0.1, 0.15) is 13.8 Å². The van der Waals surface area contributed by atoms with E-state index in [-0.39, 0.29) is 9.92 Å². The molecule has 0 unspecified atom stereocenters. The second kappa shape index (κ2) is 8.16. The van der Waals surface area contributed by atoms with Crippen molar-refractivity contribution in [2.24, 2.45) is 7.05 Å². The second-order valence-corrected chi connectivity index (χ2v) is 10.2. The molecule has 4 aromatic rings. The van der Waals surface area contributed by atoms with Crippen molar-refractivity contribution in [2.45, 2.75) is 24.0 Å². The number of sulfone groups is 1. The summed E-state index contributed by atoms with van der Waals surface area (Å²) in [6.45, 7) is 3.29. The van der Waals surface area contributed by atoms with Crippen molar-refractivity contribution in [3.63, 3.8) is 0 Å². The fraction of sp³-hybridized carbons (Fsp3) is 0.190. The van der Waals surface area contributed by atoms with Gasteiger partial charge in [0.25, 0.3) is 0 Å². The van der Waals surface area contributed by atoms with E-state index in [1.807, 2.05) is 31.4 Å². The third-order valence-corrected chi connectivity index (χ3v) is 7.17. The molecule has 2 aromatic heterocycles. The number of aromatic nitrogens is 4. The topological polar surface area (TPSA) is 102 Å². The van der Waals surface area contributed by atoms with Crippen LogP contribution in [0.2, 0.25) is 5.02 Å². The molecule has 0 saturated heterocycles. The van der Waals surface area contributed by atoms with Crippen molar-refractivity contribution < 1.29 is 8.42 Å². The van der Waals surface area contributed by atoms with Gasteiger partial charge in [-0.25, -0.2) is 13.4 Å². The summed E-state index contributed by atoms with van der Waals surface area (Å²) in [7, 11) is -1.62. The van der Waals surface area contributed by atoms with Crippen molar-refractivity contribution >= 4 is 55.5 Å². The highest BCUT2D eigenvalue weighted by Gasteiger charge is 2.23. The van der Waals surface area contributed by atoms with Gasteiger partial charge < -0.3 is 10.6 Å². The number of hydrogen-bond donors (Lipinski definition) is 2. The number of hydrogen-bond acceptors (Lipinski definition) is 7. The highest BCUT2D eigenvalue weighted by molar-refractivity contribution is 7.92. The molecule has 0 saturated carbocycles. The van der Waals surface area contributed by atoms with Crippen LogP contribution in [0.25, 0.3) is 10.9 Å². The molecule has 0 radical (unpaired) electrons. The third kappa shape index (κ3) is 4.33. The number of nitrogens with zero attached hydrogens (tertiary/aromatic N) is 4. The molecule has 4 rings (SSSR count). The van der Waals surface area contributed by atoms with Crippen molar-refractivity contribution in [3.05, 3.63) is 59.9 Å². The zero-order valence-electron chi connectivity index (χ0n) is 17.2. The molecule has 0 spiro atoms. The first-order chi connectivity index (χ1) is 14.7. The molecule has 0 aliphatic rings. The molecule has 0 amide bonds. The van der Waals surface area contributed by atoms with Gasteiger partial charge in [0.05, 0.1) is 27.5 Å². The standard InChI is InChI=1S/C21H21ClN6O2S/c1-13(2)31(29,30)19-7-5-4-6-18(19)25-20-16(22)11-23-21(26-20)24-15-8-9-17-14(10-15)12-28(3)27-17/h4-13H,1-3H3,(H2,23,24,25,26). The number of aryl methyl sites for hydroxylation is 1. The Balaban J connectivity index is 1.64. The monoisotopic (exact) mass is 456 g/mol. The summed E-state index contributed by atoms with van der Waals surface area (Å²) >= 11 is 6.28. The average molecular weight is 457 g/mol. The van der Waals surface area contributed by atoms with Crippen LogP contribution in [0.15, 0.2) is 59.8 Å². The highest BCUT2D eigenvalue weighted by Crippen LogP contribution is 2.30. The first-order valence-electron chi connectivity index (χ1n) is 9.57. The first kappa shape index (κ1) is 21.1. The molecule has 0 bridgehead atoms. The predicted molar refractivity (Wildman–Crippen MR) is 123 cm³/mol. The minimum absolute atomic E-state index is 0.191. The lowest BCUT2D eigenvalue weighted by Crippen LogP contribution is -2.15. The summed E-state index contributed by atoms with van der Waals surface area (Å²) in [6, 6.07) is 12.4. The van der Waals surface area contributed by atoms with Gasteiger partial charge >= 0.3 is 0 Å². The van der Waals surface area contributed by atoms with Crippen molar-refractivity contribution in [1.29, 1.82) is 0 Å². The largest absolute Gasteiger partial charge is 0.338 e. The fourth-order valence-corrected chi connectivity index (χ4v) is 4.41. The molecule has 160 valence electrons. The summed E-state index contributed by atoms with van der Waals surface area (Å²) in [5.41, 5.74) is 2.08. The van der Waals surface area contributed by atoms with Crippen LogP contribution in [-0.2, 0) is 16.9 Å². The molecule has 10 heteroatoms. The van der Waals surface area contributed by atoms with Crippen LogP contribution in [-0.4, -0.2) is 33.4 Å². The van der Waals surface area contributed by atoms with E-state index in [1.165, 1.54) is 6.20 Å². The van der Waals surface area contributed by atoms with Crippen LogP contribution < -0.4 is 10.6 Å². The van der Waals surface area contributed by atoms with Gasteiger partial charge in [0.2, 0.25) is 5.95 Å². The van der Waals surface area contributed by atoms with Crippen LogP contribution >= 0.6 is 11.6 Å². The molecule has 8 nitrogen and oxygen atoms in total. The average Bonchev–Trinajstić information content (AvgIpc) is 3.10. The summed E-state index contributed by atoms with van der Waals surface area (Å²) < 4.78 is 27.2. The van der Waals surface area contributed by atoms with E-state index in [1.54, 1.807) is 42.8 Å². The Morgan fingerprint density at radius 1 is 1.10 bits per heavy atom. The highest BCUT2D eigenvalue weighted by atomic mass is 35.5. The molecule has 0 fully saturated rings. The van der Waals surface area contributed by atoms with Crippen molar-refractivity contribution in [1.82, 2.24) is 19.7 Å². The van der Waals surface area contributed by atoms with Crippen molar-refractivity contribution in [3.8, 4) is 0 Å². The van der Waals surface area contributed by atoms with Crippen molar-refractivity contribution in [2.75, 3.05) is 10.6 Å². The van der Waals surface area contributed by atoms with Gasteiger partial charge in [0, 0.05) is 24.3 Å². The maximum absolute atomic E-state index is 12.7. The first-order valence-corrected chi connectivity index (χ1v) is 11.5.